The third kappa shape index (κ3) is 2.82. The van der Waals surface area contributed by atoms with Crippen molar-refractivity contribution in [2.45, 2.75) is 13.5 Å². The molecule has 4 nitrogen and oxygen atoms in total. The van der Waals surface area contributed by atoms with Gasteiger partial charge in [0.05, 0.1) is 6.20 Å². The van der Waals surface area contributed by atoms with Gasteiger partial charge in [0.25, 0.3) is 0 Å². The zero-order chi connectivity index (χ0) is 14.7. The van der Waals surface area contributed by atoms with Crippen molar-refractivity contribution in [1.29, 1.82) is 0 Å². The molecule has 3 aromatic rings. The number of terminal acetylenes is 1. The minimum atomic E-state index is 0.638. The number of H-pyrrole nitrogens is 1. The maximum atomic E-state index is 5.63. The van der Waals surface area contributed by atoms with Crippen molar-refractivity contribution in [1.82, 2.24) is 10.2 Å². The molecular formula is C17H15N3O. The molecule has 0 saturated carbocycles. The number of nitrogens with zero attached hydrogens (tertiary/aromatic N) is 1. The van der Waals surface area contributed by atoms with E-state index >= 15 is 0 Å². The van der Waals surface area contributed by atoms with Crippen molar-refractivity contribution in [2.24, 2.45) is 0 Å². The Balaban J connectivity index is 1.77. The van der Waals surface area contributed by atoms with Gasteiger partial charge in [0.2, 0.25) is 0 Å². The number of aryl methyl sites for hydroxylation is 1. The van der Waals surface area contributed by atoms with Crippen molar-refractivity contribution in [3.63, 3.8) is 0 Å². The highest BCUT2D eigenvalue weighted by Gasteiger charge is 2.10. The minimum Gasteiger partial charge on any atom is -0.460 e. The van der Waals surface area contributed by atoms with Gasteiger partial charge in [-0.2, -0.15) is 5.10 Å². The number of aromatic nitrogens is 2. The first-order chi connectivity index (χ1) is 10.3. The number of hydrogen-bond acceptors (Lipinski definition) is 3. The molecule has 0 aliphatic carbocycles. The number of aromatic amines is 1. The van der Waals surface area contributed by atoms with Crippen LogP contribution in [0.5, 0.6) is 0 Å². The number of rotatable bonds is 4. The van der Waals surface area contributed by atoms with Crippen LogP contribution >= 0.6 is 0 Å². The van der Waals surface area contributed by atoms with Crippen LogP contribution in [-0.2, 0) is 6.54 Å². The number of benzene rings is 1. The van der Waals surface area contributed by atoms with Crippen LogP contribution in [0, 0.1) is 19.3 Å². The normalized spacial score (nSPS) is 10.3. The first-order valence-corrected chi connectivity index (χ1v) is 6.66. The summed E-state index contributed by atoms with van der Waals surface area (Å²) in [5.41, 5.74) is 3.77. The number of furan rings is 1. The maximum absolute atomic E-state index is 5.63. The molecule has 104 valence electrons. The van der Waals surface area contributed by atoms with Gasteiger partial charge >= 0.3 is 0 Å². The van der Waals surface area contributed by atoms with Crippen LogP contribution in [0.2, 0.25) is 0 Å². The van der Waals surface area contributed by atoms with E-state index in [0.717, 1.165) is 34.0 Å². The second-order valence-electron chi connectivity index (χ2n) is 4.76. The third-order valence-electron chi connectivity index (χ3n) is 3.22. The Labute approximate surface area is 123 Å². The van der Waals surface area contributed by atoms with Crippen LogP contribution < -0.4 is 5.32 Å². The molecule has 3 rings (SSSR count). The molecule has 0 aliphatic heterocycles. The lowest BCUT2D eigenvalue weighted by atomic mass is 10.2. The molecule has 0 aliphatic rings. The van der Waals surface area contributed by atoms with Crippen LogP contribution in [-0.4, -0.2) is 10.2 Å². The lowest BCUT2D eigenvalue weighted by Gasteiger charge is -2.06. The Morgan fingerprint density at radius 2 is 2.24 bits per heavy atom. The van der Waals surface area contributed by atoms with Gasteiger partial charge < -0.3 is 9.73 Å². The predicted octanol–water partition coefficient (Wildman–Crippen LogP) is 3.57. The zero-order valence-corrected chi connectivity index (χ0v) is 11.7. The van der Waals surface area contributed by atoms with Gasteiger partial charge in [0.1, 0.15) is 11.5 Å². The molecule has 4 heteroatoms. The minimum absolute atomic E-state index is 0.638. The summed E-state index contributed by atoms with van der Waals surface area (Å²) in [5.74, 6) is 4.29. The number of hydrogen-bond donors (Lipinski definition) is 2. The molecule has 0 radical (unpaired) electrons. The predicted molar refractivity (Wildman–Crippen MR) is 82.7 cm³/mol. The van der Waals surface area contributed by atoms with Crippen LogP contribution in [0.15, 0.2) is 47.0 Å². The monoisotopic (exact) mass is 277 g/mol. The lowest BCUT2D eigenvalue weighted by molar-refractivity contribution is 0.545. The summed E-state index contributed by atoms with van der Waals surface area (Å²) in [5, 5.41) is 10.4. The van der Waals surface area contributed by atoms with Gasteiger partial charge in [-0.05, 0) is 37.3 Å². The smallest absolute Gasteiger partial charge is 0.152 e. The Morgan fingerprint density at radius 1 is 1.33 bits per heavy atom. The fourth-order valence-corrected chi connectivity index (χ4v) is 2.14. The van der Waals surface area contributed by atoms with Gasteiger partial charge in [0, 0.05) is 23.4 Å². The first kappa shape index (κ1) is 13.1. The van der Waals surface area contributed by atoms with E-state index in [1.54, 1.807) is 6.20 Å². The van der Waals surface area contributed by atoms with E-state index in [1.807, 2.05) is 43.3 Å². The van der Waals surface area contributed by atoms with Crippen LogP contribution in [0.4, 0.5) is 5.69 Å². The van der Waals surface area contributed by atoms with E-state index in [4.69, 9.17) is 10.8 Å². The van der Waals surface area contributed by atoms with Crippen LogP contribution in [0.3, 0.4) is 0 Å². The summed E-state index contributed by atoms with van der Waals surface area (Å²) in [6.45, 7) is 2.56. The third-order valence-corrected chi connectivity index (χ3v) is 3.22. The van der Waals surface area contributed by atoms with E-state index in [2.05, 4.69) is 21.4 Å². The maximum Gasteiger partial charge on any atom is 0.152 e. The topological polar surface area (TPSA) is 53.9 Å². The van der Waals surface area contributed by atoms with Gasteiger partial charge in [-0.3, -0.25) is 5.10 Å². The molecular weight excluding hydrogens is 262 g/mol. The van der Waals surface area contributed by atoms with Gasteiger partial charge in [0.15, 0.2) is 5.76 Å². The van der Waals surface area contributed by atoms with Crippen LogP contribution in [0.1, 0.15) is 16.9 Å². The van der Waals surface area contributed by atoms with Gasteiger partial charge in [-0.15, -0.1) is 6.42 Å². The Hall–Kier alpha value is -2.93. The van der Waals surface area contributed by atoms with E-state index in [9.17, 15) is 0 Å². The van der Waals surface area contributed by atoms with E-state index in [0.29, 0.717) is 6.54 Å². The van der Waals surface area contributed by atoms with Crippen molar-refractivity contribution >= 4 is 5.69 Å². The average molecular weight is 277 g/mol. The fraction of sp³-hybridized carbons (Fsp3) is 0.118. The molecule has 0 bridgehead atoms. The highest BCUT2D eigenvalue weighted by atomic mass is 16.3. The largest absolute Gasteiger partial charge is 0.460 e. The average Bonchev–Trinajstić information content (AvgIpc) is 3.13. The number of anilines is 1. The van der Waals surface area contributed by atoms with E-state index in [-0.39, 0.29) is 0 Å². The molecule has 0 spiro atoms. The first-order valence-electron chi connectivity index (χ1n) is 6.66. The Kier molecular flexibility index (Phi) is 3.48. The molecule has 2 aromatic heterocycles. The number of nitrogens with one attached hydrogen (secondary N) is 2. The zero-order valence-electron chi connectivity index (χ0n) is 11.7. The molecule has 21 heavy (non-hydrogen) atoms. The summed E-state index contributed by atoms with van der Waals surface area (Å²) in [4.78, 5) is 0. The summed E-state index contributed by atoms with van der Waals surface area (Å²) in [6.07, 6.45) is 7.20. The highest BCUT2D eigenvalue weighted by Crippen LogP contribution is 2.24. The van der Waals surface area contributed by atoms with Gasteiger partial charge in [-0.25, -0.2) is 0 Å². The van der Waals surface area contributed by atoms with E-state index < -0.39 is 0 Å². The summed E-state index contributed by atoms with van der Waals surface area (Å²) in [6, 6.07) is 11.6. The Bertz CT molecular complexity index is 792. The lowest BCUT2D eigenvalue weighted by Crippen LogP contribution is -1.99. The molecule has 0 unspecified atom stereocenters. The quantitative estimate of drug-likeness (QED) is 0.717. The molecule has 0 fully saturated rings. The van der Waals surface area contributed by atoms with E-state index in [1.165, 1.54) is 0 Å². The van der Waals surface area contributed by atoms with Crippen molar-refractivity contribution in [3.8, 4) is 23.8 Å². The molecule has 0 atom stereocenters. The Morgan fingerprint density at radius 3 is 3.00 bits per heavy atom. The summed E-state index contributed by atoms with van der Waals surface area (Å²) < 4.78 is 5.63. The standard InChI is InChI=1S/C17H15N3O/c1-3-13-5-4-6-15(9-13)18-10-14-11-19-20-17(14)16-8-7-12(2)21-16/h1,4-9,11,18H,10H2,2H3,(H,19,20). The molecule has 0 saturated heterocycles. The SMILES string of the molecule is C#Cc1cccc(NCc2cn[nH]c2-c2ccc(C)o2)c1. The van der Waals surface area contributed by atoms with Crippen molar-refractivity contribution in [3.05, 3.63) is 59.5 Å². The molecule has 2 heterocycles. The molecule has 0 amide bonds. The van der Waals surface area contributed by atoms with Crippen molar-refractivity contribution < 1.29 is 4.42 Å². The van der Waals surface area contributed by atoms with Gasteiger partial charge in [-0.1, -0.05) is 12.0 Å². The second-order valence-corrected chi connectivity index (χ2v) is 4.76. The van der Waals surface area contributed by atoms with Crippen molar-refractivity contribution in [2.75, 3.05) is 5.32 Å². The molecule has 1 aromatic carbocycles. The summed E-state index contributed by atoms with van der Waals surface area (Å²) >= 11 is 0. The highest BCUT2D eigenvalue weighted by molar-refractivity contribution is 5.58. The van der Waals surface area contributed by atoms with Crippen LogP contribution in [0.25, 0.3) is 11.5 Å². The fourth-order valence-electron chi connectivity index (χ4n) is 2.14. The summed E-state index contributed by atoms with van der Waals surface area (Å²) in [7, 11) is 0. The second kappa shape index (κ2) is 5.59. The molecule has 2 N–H and O–H groups in total.